The first-order chi connectivity index (χ1) is 11.2. The molecule has 0 bridgehead atoms. The van der Waals surface area contributed by atoms with Crippen molar-refractivity contribution in [3.8, 4) is 11.3 Å². The highest BCUT2D eigenvalue weighted by atomic mass is 35.5. The van der Waals surface area contributed by atoms with Gasteiger partial charge in [-0.3, -0.25) is 4.79 Å². The molecule has 0 saturated carbocycles. The van der Waals surface area contributed by atoms with E-state index in [1.165, 1.54) is 0 Å². The van der Waals surface area contributed by atoms with E-state index in [4.69, 9.17) is 16.0 Å². The highest BCUT2D eigenvalue weighted by Gasteiger charge is 2.26. The average molecular weight is 325 g/mol. The van der Waals surface area contributed by atoms with Gasteiger partial charge in [0.1, 0.15) is 11.5 Å². The fourth-order valence-electron chi connectivity index (χ4n) is 2.63. The lowest BCUT2D eigenvalue weighted by Crippen LogP contribution is -2.38. The molecule has 1 unspecified atom stereocenters. The minimum absolute atomic E-state index is 0.117. The lowest BCUT2D eigenvalue weighted by Gasteiger charge is -2.26. The zero-order valence-corrected chi connectivity index (χ0v) is 12.8. The van der Waals surface area contributed by atoms with Crippen LogP contribution < -0.4 is 10.6 Å². The number of para-hydroxylation sites is 1. The second-order valence-electron chi connectivity index (χ2n) is 5.31. The van der Waals surface area contributed by atoms with Gasteiger partial charge in [-0.1, -0.05) is 23.7 Å². The number of carbonyl (C=O) groups excluding carboxylic acids is 1. The average Bonchev–Trinajstić information content (AvgIpc) is 3.05. The molecule has 0 radical (unpaired) electrons. The summed E-state index contributed by atoms with van der Waals surface area (Å²) in [5, 5.41) is 6.85. The molecule has 23 heavy (non-hydrogen) atoms. The van der Waals surface area contributed by atoms with E-state index in [0.29, 0.717) is 16.3 Å². The SMILES string of the molecule is O=C1NC(c2ccc(-c3ccc(Cl)cc3)o2)Nc2ccccc21. The molecule has 114 valence electrons. The number of benzene rings is 2. The van der Waals surface area contributed by atoms with Gasteiger partial charge < -0.3 is 15.1 Å². The molecule has 0 spiro atoms. The van der Waals surface area contributed by atoms with Gasteiger partial charge in [-0.15, -0.1) is 0 Å². The summed E-state index contributed by atoms with van der Waals surface area (Å²) in [6.45, 7) is 0. The Morgan fingerprint density at radius 2 is 1.70 bits per heavy atom. The van der Waals surface area contributed by atoms with Gasteiger partial charge >= 0.3 is 0 Å². The molecule has 5 heteroatoms. The van der Waals surface area contributed by atoms with Crippen molar-refractivity contribution in [2.24, 2.45) is 0 Å². The highest BCUT2D eigenvalue weighted by Crippen LogP contribution is 2.30. The van der Waals surface area contributed by atoms with Crippen LogP contribution in [0, 0.1) is 0 Å². The number of hydrogen-bond donors (Lipinski definition) is 2. The number of hydrogen-bond acceptors (Lipinski definition) is 3. The quantitative estimate of drug-likeness (QED) is 0.732. The summed E-state index contributed by atoms with van der Waals surface area (Å²) in [4.78, 5) is 12.2. The molecule has 3 aromatic rings. The normalized spacial score (nSPS) is 16.4. The Bertz CT molecular complexity index is 871. The molecule has 0 aliphatic carbocycles. The summed E-state index contributed by atoms with van der Waals surface area (Å²) in [5.41, 5.74) is 2.36. The third-order valence-corrected chi connectivity index (χ3v) is 4.04. The molecular formula is C18H13ClN2O2. The van der Waals surface area contributed by atoms with Crippen LogP contribution in [0.3, 0.4) is 0 Å². The lowest BCUT2D eigenvalue weighted by atomic mass is 10.1. The van der Waals surface area contributed by atoms with Gasteiger partial charge in [-0.2, -0.15) is 0 Å². The van der Waals surface area contributed by atoms with Crippen molar-refractivity contribution < 1.29 is 9.21 Å². The van der Waals surface area contributed by atoms with Crippen molar-refractivity contribution in [2.45, 2.75) is 6.17 Å². The molecule has 1 amide bonds. The number of furan rings is 1. The van der Waals surface area contributed by atoms with Crippen LogP contribution in [0.2, 0.25) is 5.02 Å². The third-order valence-electron chi connectivity index (χ3n) is 3.79. The number of anilines is 1. The predicted octanol–water partition coefficient (Wildman–Crippen LogP) is 4.45. The van der Waals surface area contributed by atoms with E-state index in [1.807, 2.05) is 54.6 Å². The van der Waals surface area contributed by atoms with E-state index in [1.54, 1.807) is 6.07 Å². The van der Waals surface area contributed by atoms with E-state index in [9.17, 15) is 4.79 Å². The topological polar surface area (TPSA) is 54.3 Å². The van der Waals surface area contributed by atoms with Crippen LogP contribution in [-0.2, 0) is 0 Å². The monoisotopic (exact) mass is 324 g/mol. The van der Waals surface area contributed by atoms with Crippen molar-refractivity contribution in [1.29, 1.82) is 0 Å². The van der Waals surface area contributed by atoms with Crippen LogP contribution in [0.25, 0.3) is 11.3 Å². The molecule has 1 atom stereocenters. The number of nitrogens with one attached hydrogen (secondary N) is 2. The molecule has 2 heterocycles. The minimum Gasteiger partial charge on any atom is -0.457 e. The van der Waals surface area contributed by atoms with E-state index in [-0.39, 0.29) is 5.91 Å². The second-order valence-corrected chi connectivity index (χ2v) is 5.74. The first-order valence-corrected chi connectivity index (χ1v) is 7.60. The Hall–Kier alpha value is -2.72. The van der Waals surface area contributed by atoms with Gasteiger partial charge in [0.25, 0.3) is 5.91 Å². The number of halogens is 1. The Balaban J connectivity index is 1.63. The van der Waals surface area contributed by atoms with Gasteiger partial charge in [-0.05, 0) is 48.5 Å². The molecule has 1 aromatic heterocycles. The first kappa shape index (κ1) is 13.9. The van der Waals surface area contributed by atoms with Crippen LogP contribution in [0.1, 0.15) is 22.3 Å². The van der Waals surface area contributed by atoms with Crippen molar-refractivity contribution in [1.82, 2.24) is 5.32 Å². The zero-order chi connectivity index (χ0) is 15.8. The molecular weight excluding hydrogens is 312 g/mol. The standard InChI is InChI=1S/C18H13ClN2O2/c19-12-7-5-11(6-8-12)15-9-10-16(23-15)17-20-14-4-2-1-3-13(14)18(22)21-17/h1-10,17,20H,(H,21,22). The largest absolute Gasteiger partial charge is 0.457 e. The predicted molar refractivity (Wildman–Crippen MR) is 89.4 cm³/mol. The molecule has 0 fully saturated rings. The van der Waals surface area contributed by atoms with E-state index >= 15 is 0 Å². The van der Waals surface area contributed by atoms with Gasteiger partial charge in [0.15, 0.2) is 6.17 Å². The van der Waals surface area contributed by atoms with Gasteiger partial charge in [0.2, 0.25) is 0 Å². The van der Waals surface area contributed by atoms with Crippen LogP contribution in [0.5, 0.6) is 0 Å². The first-order valence-electron chi connectivity index (χ1n) is 7.23. The maximum absolute atomic E-state index is 12.2. The number of rotatable bonds is 2. The van der Waals surface area contributed by atoms with Crippen molar-refractivity contribution in [2.75, 3.05) is 5.32 Å². The Morgan fingerprint density at radius 3 is 2.52 bits per heavy atom. The van der Waals surface area contributed by atoms with Gasteiger partial charge in [0.05, 0.1) is 5.56 Å². The Labute approximate surface area is 138 Å². The zero-order valence-electron chi connectivity index (χ0n) is 12.0. The number of carbonyl (C=O) groups is 1. The second kappa shape index (κ2) is 5.48. The molecule has 1 aliphatic heterocycles. The molecule has 1 aliphatic rings. The minimum atomic E-state index is -0.390. The molecule has 0 saturated heterocycles. The van der Waals surface area contributed by atoms with Gasteiger partial charge in [-0.25, -0.2) is 0 Å². The third kappa shape index (κ3) is 2.58. The van der Waals surface area contributed by atoms with Gasteiger partial charge in [0, 0.05) is 16.3 Å². The summed E-state index contributed by atoms with van der Waals surface area (Å²) in [5.74, 6) is 1.26. The van der Waals surface area contributed by atoms with Crippen molar-refractivity contribution in [3.05, 3.63) is 77.0 Å². The summed E-state index contributed by atoms with van der Waals surface area (Å²) in [6, 6.07) is 18.6. The van der Waals surface area contributed by atoms with Crippen LogP contribution >= 0.6 is 11.6 Å². The fourth-order valence-corrected chi connectivity index (χ4v) is 2.75. The Kier molecular flexibility index (Phi) is 3.32. The maximum Gasteiger partial charge on any atom is 0.255 e. The summed E-state index contributed by atoms with van der Waals surface area (Å²) < 4.78 is 5.89. The summed E-state index contributed by atoms with van der Waals surface area (Å²) in [7, 11) is 0. The van der Waals surface area contributed by atoms with Crippen molar-refractivity contribution >= 4 is 23.2 Å². The molecule has 4 rings (SSSR count). The Morgan fingerprint density at radius 1 is 0.913 bits per heavy atom. The van der Waals surface area contributed by atoms with E-state index < -0.39 is 6.17 Å². The van der Waals surface area contributed by atoms with E-state index in [0.717, 1.165) is 17.0 Å². The lowest BCUT2D eigenvalue weighted by molar-refractivity contribution is 0.0931. The summed E-state index contributed by atoms with van der Waals surface area (Å²) >= 11 is 5.90. The van der Waals surface area contributed by atoms with Crippen LogP contribution in [0.15, 0.2) is 65.1 Å². The van der Waals surface area contributed by atoms with Crippen molar-refractivity contribution in [3.63, 3.8) is 0 Å². The molecule has 4 nitrogen and oxygen atoms in total. The van der Waals surface area contributed by atoms with Crippen LogP contribution in [-0.4, -0.2) is 5.91 Å². The van der Waals surface area contributed by atoms with E-state index in [2.05, 4.69) is 10.6 Å². The summed E-state index contributed by atoms with van der Waals surface area (Å²) in [6.07, 6.45) is -0.390. The number of fused-ring (bicyclic) bond motifs is 1. The van der Waals surface area contributed by atoms with Crippen LogP contribution in [0.4, 0.5) is 5.69 Å². The molecule has 2 aromatic carbocycles. The molecule has 2 N–H and O–H groups in total. The smallest absolute Gasteiger partial charge is 0.255 e. The number of amides is 1. The fraction of sp³-hybridized carbons (Fsp3) is 0.0556. The maximum atomic E-state index is 12.2. The highest BCUT2D eigenvalue weighted by molar-refractivity contribution is 6.30.